The molecule has 2 aromatic rings. The summed E-state index contributed by atoms with van der Waals surface area (Å²) in [5, 5.41) is 8.98. The standard InChI is InChI=1S/C18H18N2O3/c1-20(11-12-22-16-8-3-2-4-9-16)18(21)14-23-17-10-6-5-7-15(17)13-19/h2-10H,11-12,14H2,1H3. The molecule has 1 amide bonds. The summed E-state index contributed by atoms with van der Waals surface area (Å²) in [6.45, 7) is 0.749. The van der Waals surface area contributed by atoms with E-state index in [0.29, 0.717) is 24.5 Å². The summed E-state index contributed by atoms with van der Waals surface area (Å²) in [4.78, 5) is 13.6. The van der Waals surface area contributed by atoms with Crippen LogP contribution < -0.4 is 9.47 Å². The zero-order valence-corrected chi connectivity index (χ0v) is 12.9. The predicted molar refractivity (Wildman–Crippen MR) is 86.2 cm³/mol. The molecule has 0 spiro atoms. The molecule has 23 heavy (non-hydrogen) atoms. The van der Waals surface area contributed by atoms with E-state index < -0.39 is 0 Å². The van der Waals surface area contributed by atoms with Crippen molar-refractivity contribution in [1.29, 1.82) is 5.26 Å². The number of para-hydroxylation sites is 2. The minimum atomic E-state index is -0.172. The molecule has 0 aromatic heterocycles. The van der Waals surface area contributed by atoms with E-state index in [1.54, 1.807) is 31.3 Å². The van der Waals surface area contributed by atoms with E-state index in [4.69, 9.17) is 14.7 Å². The lowest BCUT2D eigenvalue weighted by Gasteiger charge is -2.18. The quantitative estimate of drug-likeness (QED) is 0.788. The first kappa shape index (κ1) is 16.4. The van der Waals surface area contributed by atoms with Crippen molar-refractivity contribution in [3.8, 4) is 17.6 Å². The highest BCUT2D eigenvalue weighted by atomic mass is 16.5. The molecule has 0 aliphatic carbocycles. The first-order chi connectivity index (χ1) is 11.2. The van der Waals surface area contributed by atoms with Gasteiger partial charge in [0.25, 0.3) is 5.91 Å². The number of rotatable bonds is 7. The van der Waals surface area contributed by atoms with Gasteiger partial charge >= 0.3 is 0 Å². The van der Waals surface area contributed by atoms with Crippen LogP contribution in [0.1, 0.15) is 5.56 Å². The topological polar surface area (TPSA) is 62.6 Å². The first-order valence-corrected chi connectivity index (χ1v) is 7.24. The van der Waals surface area contributed by atoms with Crippen LogP contribution in [-0.4, -0.2) is 37.6 Å². The minimum Gasteiger partial charge on any atom is -0.492 e. The number of benzene rings is 2. The van der Waals surface area contributed by atoms with Gasteiger partial charge in [0, 0.05) is 7.05 Å². The summed E-state index contributed by atoms with van der Waals surface area (Å²) in [7, 11) is 1.69. The van der Waals surface area contributed by atoms with Gasteiger partial charge in [-0.1, -0.05) is 30.3 Å². The molecule has 118 valence electrons. The van der Waals surface area contributed by atoms with Crippen molar-refractivity contribution in [3.05, 3.63) is 60.2 Å². The highest BCUT2D eigenvalue weighted by Gasteiger charge is 2.11. The van der Waals surface area contributed by atoms with Gasteiger partial charge in [-0.15, -0.1) is 0 Å². The monoisotopic (exact) mass is 310 g/mol. The van der Waals surface area contributed by atoms with E-state index in [1.165, 1.54) is 4.90 Å². The van der Waals surface area contributed by atoms with Gasteiger partial charge in [0.15, 0.2) is 6.61 Å². The zero-order chi connectivity index (χ0) is 16.5. The molecule has 0 N–H and O–H groups in total. The number of carbonyl (C=O) groups excluding carboxylic acids is 1. The molecule has 0 heterocycles. The Morgan fingerprint density at radius 3 is 2.52 bits per heavy atom. The van der Waals surface area contributed by atoms with Crippen molar-refractivity contribution >= 4 is 5.91 Å². The van der Waals surface area contributed by atoms with Crippen LogP contribution >= 0.6 is 0 Å². The summed E-state index contributed by atoms with van der Waals surface area (Å²) in [6.07, 6.45) is 0. The Labute approximate surface area is 135 Å². The number of nitriles is 1. The van der Waals surface area contributed by atoms with Crippen LogP contribution in [0.25, 0.3) is 0 Å². The number of hydrogen-bond acceptors (Lipinski definition) is 4. The van der Waals surface area contributed by atoms with Crippen molar-refractivity contribution in [2.45, 2.75) is 0 Å². The Morgan fingerprint density at radius 1 is 1.09 bits per heavy atom. The van der Waals surface area contributed by atoms with Gasteiger partial charge in [0.1, 0.15) is 24.2 Å². The second-order valence-electron chi connectivity index (χ2n) is 4.87. The number of nitrogens with zero attached hydrogens (tertiary/aromatic N) is 2. The third-order valence-corrected chi connectivity index (χ3v) is 3.22. The molecule has 0 atom stereocenters. The summed E-state index contributed by atoms with van der Waals surface area (Å²) < 4.78 is 11.0. The molecule has 0 saturated carbocycles. The Kier molecular flexibility index (Phi) is 6.01. The van der Waals surface area contributed by atoms with Crippen LogP contribution in [0.5, 0.6) is 11.5 Å². The largest absolute Gasteiger partial charge is 0.492 e. The van der Waals surface area contributed by atoms with Crippen molar-refractivity contribution in [2.75, 3.05) is 26.8 Å². The lowest BCUT2D eigenvalue weighted by Crippen LogP contribution is -2.34. The first-order valence-electron chi connectivity index (χ1n) is 7.24. The molecule has 0 fully saturated rings. The van der Waals surface area contributed by atoms with E-state index in [1.807, 2.05) is 36.4 Å². The van der Waals surface area contributed by atoms with Gasteiger partial charge < -0.3 is 14.4 Å². The van der Waals surface area contributed by atoms with Crippen LogP contribution in [0, 0.1) is 11.3 Å². The molecule has 2 rings (SSSR count). The smallest absolute Gasteiger partial charge is 0.260 e. The Morgan fingerprint density at radius 2 is 1.78 bits per heavy atom. The number of likely N-dealkylation sites (N-methyl/N-ethyl adjacent to an activating group) is 1. The fourth-order valence-corrected chi connectivity index (χ4v) is 1.88. The molecule has 0 saturated heterocycles. The normalized spacial score (nSPS) is 9.74. The molecular weight excluding hydrogens is 292 g/mol. The fraction of sp³-hybridized carbons (Fsp3) is 0.222. The maximum absolute atomic E-state index is 12.0. The molecule has 5 heteroatoms. The average molecular weight is 310 g/mol. The van der Waals surface area contributed by atoms with Crippen molar-refractivity contribution in [1.82, 2.24) is 4.90 Å². The second-order valence-corrected chi connectivity index (χ2v) is 4.87. The number of amides is 1. The predicted octanol–water partition coefficient (Wildman–Crippen LogP) is 2.47. The molecule has 0 unspecified atom stereocenters. The lowest BCUT2D eigenvalue weighted by atomic mass is 10.2. The highest BCUT2D eigenvalue weighted by molar-refractivity contribution is 5.77. The van der Waals surface area contributed by atoms with E-state index in [2.05, 4.69) is 0 Å². The molecule has 5 nitrogen and oxygen atoms in total. The molecule has 0 aliphatic heterocycles. The van der Waals surface area contributed by atoms with Crippen LogP contribution in [0.3, 0.4) is 0 Å². The van der Waals surface area contributed by atoms with Gasteiger partial charge in [0.05, 0.1) is 12.1 Å². The van der Waals surface area contributed by atoms with Gasteiger partial charge in [-0.05, 0) is 24.3 Å². The van der Waals surface area contributed by atoms with Gasteiger partial charge in [-0.2, -0.15) is 5.26 Å². The number of hydrogen-bond donors (Lipinski definition) is 0. The molecule has 0 bridgehead atoms. The Hall–Kier alpha value is -3.00. The number of carbonyl (C=O) groups is 1. The average Bonchev–Trinajstić information content (AvgIpc) is 2.60. The van der Waals surface area contributed by atoms with E-state index >= 15 is 0 Å². The maximum Gasteiger partial charge on any atom is 0.260 e. The zero-order valence-electron chi connectivity index (χ0n) is 12.9. The lowest BCUT2D eigenvalue weighted by molar-refractivity contribution is -0.132. The van der Waals surface area contributed by atoms with Crippen LogP contribution in [-0.2, 0) is 4.79 Å². The maximum atomic E-state index is 12.0. The SMILES string of the molecule is CN(CCOc1ccccc1)C(=O)COc1ccccc1C#N. The van der Waals surface area contributed by atoms with Gasteiger partial charge in [0.2, 0.25) is 0 Å². The van der Waals surface area contributed by atoms with Gasteiger partial charge in [-0.25, -0.2) is 0 Å². The minimum absolute atomic E-state index is 0.111. The van der Waals surface area contributed by atoms with E-state index in [-0.39, 0.29) is 12.5 Å². The third-order valence-electron chi connectivity index (χ3n) is 3.22. The van der Waals surface area contributed by atoms with E-state index in [0.717, 1.165) is 5.75 Å². The van der Waals surface area contributed by atoms with Crippen LogP contribution in [0.2, 0.25) is 0 Å². The Bertz CT molecular complexity index is 680. The highest BCUT2D eigenvalue weighted by Crippen LogP contribution is 2.16. The van der Waals surface area contributed by atoms with Crippen LogP contribution in [0.15, 0.2) is 54.6 Å². The third kappa shape index (κ3) is 5.04. The van der Waals surface area contributed by atoms with Crippen molar-refractivity contribution < 1.29 is 14.3 Å². The summed E-state index contributed by atoms with van der Waals surface area (Å²) >= 11 is 0. The molecule has 2 aromatic carbocycles. The Balaban J connectivity index is 1.76. The van der Waals surface area contributed by atoms with Gasteiger partial charge in [-0.3, -0.25) is 4.79 Å². The second kappa shape index (κ2) is 8.44. The van der Waals surface area contributed by atoms with Crippen molar-refractivity contribution in [3.63, 3.8) is 0 Å². The number of ether oxygens (including phenoxy) is 2. The summed E-state index contributed by atoms with van der Waals surface area (Å²) in [5.41, 5.74) is 0.412. The molecule has 0 aliphatic rings. The van der Waals surface area contributed by atoms with Crippen LogP contribution in [0.4, 0.5) is 0 Å². The summed E-state index contributed by atoms with van der Waals surface area (Å²) in [5.74, 6) is 1.01. The van der Waals surface area contributed by atoms with E-state index in [9.17, 15) is 4.79 Å². The van der Waals surface area contributed by atoms with Crippen molar-refractivity contribution in [2.24, 2.45) is 0 Å². The molecular formula is C18H18N2O3. The molecule has 0 radical (unpaired) electrons. The summed E-state index contributed by atoms with van der Waals surface area (Å²) in [6, 6.07) is 18.3. The fourth-order valence-electron chi connectivity index (χ4n) is 1.88.